The topological polar surface area (TPSA) is 38.5 Å². The summed E-state index contributed by atoms with van der Waals surface area (Å²) in [4.78, 5) is 3.16. The Hall–Kier alpha value is -0.190. The van der Waals surface area contributed by atoms with Crippen LogP contribution in [0.1, 0.15) is 52.9 Å². The van der Waals surface area contributed by atoms with Crippen molar-refractivity contribution in [2.75, 3.05) is 26.2 Å². The van der Waals surface area contributed by atoms with Crippen molar-refractivity contribution in [2.45, 2.75) is 59.0 Å². The normalized spacial score (nSPS) is 21.5. The lowest BCUT2D eigenvalue weighted by molar-refractivity contribution is -0.000643. The van der Waals surface area contributed by atoms with Crippen LogP contribution in [-0.2, 0) is 4.74 Å². The summed E-state index contributed by atoms with van der Waals surface area (Å²) in [6.07, 6.45) is 6.25. The van der Waals surface area contributed by atoms with Gasteiger partial charge in [0.2, 0.25) is 0 Å². The molecule has 112 valence electrons. The van der Waals surface area contributed by atoms with Gasteiger partial charge in [-0.15, -0.1) is 0 Å². The van der Waals surface area contributed by atoms with Gasteiger partial charge in [-0.2, -0.15) is 0 Å². The third-order valence-corrected chi connectivity index (χ3v) is 4.52. The molecule has 1 saturated heterocycles. The Labute approximate surface area is 123 Å². The molecule has 19 heavy (non-hydrogen) atoms. The van der Waals surface area contributed by atoms with Gasteiger partial charge in [0.1, 0.15) is 0 Å². The molecule has 1 atom stereocenters. The molecule has 1 unspecified atom stereocenters. The quantitative estimate of drug-likeness (QED) is 0.696. The van der Waals surface area contributed by atoms with Gasteiger partial charge < -0.3 is 15.4 Å². The Balaban J connectivity index is 2.24. The Morgan fingerprint density at radius 2 is 2.21 bits per heavy atom. The standard InChI is InChI=1S/C15H30N2OS/c1-4-11-18-13-7-5-9-17(12-13)10-6-8-15(2,3)14(16)19/h13H,4-12H2,1-3H3,(H2,16,19). The summed E-state index contributed by atoms with van der Waals surface area (Å²) in [5, 5.41) is 0. The minimum Gasteiger partial charge on any atom is -0.393 e. The van der Waals surface area contributed by atoms with Crippen LogP contribution in [0.2, 0.25) is 0 Å². The van der Waals surface area contributed by atoms with Crippen molar-refractivity contribution < 1.29 is 4.74 Å². The fourth-order valence-electron chi connectivity index (χ4n) is 2.50. The lowest BCUT2D eigenvalue weighted by Crippen LogP contribution is -2.40. The van der Waals surface area contributed by atoms with Crippen LogP contribution < -0.4 is 5.73 Å². The van der Waals surface area contributed by atoms with Crippen molar-refractivity contribution in [1.29, 1.82) is 0 Å². The number of rotatable bonds is 8. The second-order valence-corrected chi connectivity index (χ2v) is 6.73. The van der Waals surface area contributed by atoms with E-state index in [9.17, 15) is 0 Å². The summed E-state index contributed by atoms with van der Waals surface area (Å²) >= 11 is 5.11. The van der Waals surface area contributed by atoms with E-state index in [0.29, 0.717) is 11.1 Å². The lowest BCUT2D eigenvalue weighted by atomic mass is 9.87. The number of likely N-dealkylation sites (tertiary alicyclic amines) is 1. The van der Waals surface area contributed by atoms with E-state index in [0.717, 1.165) is 39.0 Å². The lowest BCUT2D eigenvalue weighted by Gasteiger charge is -2.33. The monoisotopic (exact) mass is 286 g/mol. The fourth-order valence-corrected chi connectivity index (χ4v) is 2.61. The minimum atomic E-state index is -0.0107. The van der Waals surface area contributed by atoms with Gasteiger partial charge in [0, 0.05) is 18.6 Å². The van der Waals surface area contributed by atoms with Crippen molar-refractivity contribution in [3.8, 4) is 0 Å². The summed E-state index contributed by atoms with van der Waals surface area (Å²) in [6.45, 7) is 10.8. The Morgan fingerprint density at radius 3 is 2.84 bits per heavy atom. The van der Waals surface area contributed by atoms with Crippen LogP contribution in [0.15, 0.2) is 0 Å². The molecule has 0 saturated carbocycles. The molecule has 0 radical (unpaired) electrons. The zero-order chi connectivity index (χ0) is 14.3. The van der Waals surface area contributed by atoms with Gasteiger partial charge in [0.05, 0.1) is 11.1 Å². The van der Waals surface area contributed by atoms with E-state index in [-0.39, 0.29) is 5.41 Å². The van der Waals surface area contributed by atoms with Gasteiger partial charge in [0.15, 0.2) is 0 Å². The van der Waals surface area contributed by atoms with Crippen molar-refractivity contribution in [3.05, 3.63) is 0 Å². The first kappa shape index (κ1) is 16.9. The number of nitrogens with two attached hydrogens (primary N) is 1. The van der Waals surface area contributed by atoms with Crippen molar-refractivity contribution in [1.82, 2.24) is 4.90 Å². The second kappa shape index (κ2) is 8.18. The Kier molecular flexibility index (Phi) is 7.26. The van der Waals surface area contributed by atoms with E-state index >= 15 is 0 Å². The van der Waals surface area contributed by atoms with E-state index < -0.39 is 0 Å². The molecular weight excluding hydrogens is 256 g/mol. The van der Waals surface area contributed by atoms with E-state index in [1.807, 2.05) is 0 Å². The SMILES string of the molecule is CCCOC1CCCN(CCCC(C)(C)C(N)=S)C1. The van der Waals surface area contributed by atoms with Crippen LogP contribution in [0.4, 0.5) is 0 Å². The highest BCUT2D eigenvalue weighted by molar-refractivity contribution is 7.80. The van der Waals surface area contributed by atoms with Crippen LogP contribution >= 0.6 is 12.2 Å². The maximum Gasteiger partial charge on any atom is 0.0784 e. The zero-order valence-electron chi connectivity index (χ0n) is 12.8. The molecule has 0 aromatic rings. The number of hydrogen-bond donors (Lipinski definition) is 1. The molecule has 1 aliphatic rings. The molecule has 3 nitrogen and oxygen atoms in total. The maximum absolute atomic E-state index is 5.87. The highest BCUT2D eigenvalue weighted by atomic mass is 32.1. The van der Waals surface area contributed by atoms with Crippen molar-refractivity contribution in [2.24, 2.45) is 11.1 Å². The summed E-state index contributed by atoms with van der Waals surface area (Å²) in [6, 6.07) is 0. The summed E-state index contributed by atoms with van der Waals surface area (Å²) in [5.41, 5.74) is 5.75. The second-order valence-electron chi connectivity index (χ2n) is 6.29. The van der Waals surface area contributed by atoms with E-state index in [4.69, 9.17) is 22.7 Å². The first-order valence-electron chi connectivity index (χ1n) is 7.59. The molecule has 0 bridgehead atoms. The molecule has 1 rings (SSSR count). The molecule has 4 heteroatoms. The number of thiocarbonyl (C=S) groups is 1. The van der Waals surface area contributed by atoms with Crippen LogP contribution in [0, 0.1) is 5.41 Å². The molecule has 0 spiro atoms. The first-order chi connectivity index (χ1) is 8.95. The molecule has 1 aliphatic heterocycles. The number of piperidine rings is 1. The zero-order valence-corrected chi connectivity index (χ0v) is 13.6. The average molecular weight is 286 g/mol. The van der Waals surface area contributed by atoms with Crippen LogP contribution in [0.25, 0.3) is 0 Å². The van der Waals surface area contributed by atoms with E-state index in [2.05, 4.69) is 25.7 Å². The van der Waals surface area contributed by atoms with Gasteiger partial charge in [-0.05, 0) is 45.2 Å². The number of hydrogen-bond acceptors (Lipinski definition) is 3. The Bertz CT molecular complexity index is 281. The molecule has 0 aromatic heterocycles. The molecule has 0 aromatic carbocycles. The van der Waals surface area contributed by atoms with E-state index in [1.54, 1.807) is 0 Å². The minimum absolute atomic E-state index is 0.0107. The predicted octanol–water partition coefficient (Wildman–Crippen LogP) is 2.97. The summed E-state index contributed by atoms with van der Waals surface area (Å²) in [7, 11) is 0. The fraction of sp³-hybridized carbons (Fsp3) is 0.933. The molecule has 0 aliphatic carbocycles. The summed E-state index contributed by atoms with van der Waals surface area (Å²) < 4.78 is 5.87. The van der Waals surface area contributed by atoms with Gasteiger partial charge in [0.25, 0.3) is 0 Å². The number of nitrogens with zero attached hydrogens (tertiary/aromatic N) is 1. The van der Waals surface area contributed by atoms with Crippen LogP contribution in [0.3, 0.4) is 0 Å². The molecule has 0 amide bonds. The largest absolute Gasteiger partial charge is 0.393 e. The highest BCUT2D eigenvalue weighted by Gasteiger charge is 2.23. The van der Waals surface area contributed by atoms with Gasteiger partial charge in [-0.1, -0.05) is 33.0 Å². The third-order valence-electron chi connectivity index (χ3n) is 3.96. The average Bonchev–Trinajstić information content (AvgIpc) is 2.36. The number of ether oxygens (including phenoxy) is 1. The Morgan fingerprint density at radius 1 is 1.47 bits per heavy atom. The molecule has 1 heterocycles. The van der Waals surface area contributed by atoms with Crippen molar-refractivity contribution in [3.63, 3.8) is 0 Å². The van der Waals surface area contributed by atoms with Crippen LogP contribution in [0.5, 0.6) is 0 Å². The van der Waals surface area contributed by atoms with Gasteiger partial charge in [-0.3, -0.25) is 0 Å². The van der Waals surface area contributed by atoms with E-state index in [1.165, 1.54) is 19.4 Å². The smallest absolute Gasteiger partial charge is 0.0784 e. The van der Waals surface area contributed by atoms with Crippen molar-refractivity contribution >= 4 is 17.2 Å². The third kappa shape index (κ3) is 6.19. The molecular formula is C15H30N2OS. The molecule has 2 N–H and O–H groups in total. The first-order valence-corrected chi connectivity index (χ1v) is 8.00. The molecule has 1 fully saturated rings. The maximum atomic E-state index is 5.87. The van der Waals surface area contributed by atoms with Gasteiger partial charge in [-0.25, -0.2) is 0 Å². The van der Waals surface area contributed by atoms with Crippen LogP contribution in [-0.4, -0.2) is 42.2 Å². The summed E-state index contributed by atoms with van der Waals surface area (Å²) in [5.74, 6) is 0. The highest BCUT2D eigenvalue weighted by Crippen LogP contribution is 2.23. The van der Waals surface area contributed by atoms with Gasteiger partial charge >= 0.3 is 0 Å². The predicted molar refractivity (Wildman–Crippen MR) is 85.5 cm³/mol.